The number of phenolic OH excluding ortho intramolecular Hbond substituents is 3. The Bertz CT molecular complexity index is 1090. The molecule has 21 heavy (non-hydrogen) atoms. The van der Waals surface area contributed by atoms with E-state index >= 15 is 0 Å². The third-order valence-corrected chi connectivity index (χ3v) is 3.37. The molecule has 0 spiro atoms. The first-order valence-electron chi connectivity index (χ1n) is 6.08. The van der Waals surface area contributed by atoms with E-state index < -0.39 is 5.63 Å². The normalized spacial score (nSPS) is 11.6. The predicted molar refractivity (Wildman–Crippen MR) is 74.8 cm³/mol. The van der Waals surface area contributed by atoms with Crippen molar-refractivity contribution >= 4 is 32.9 Å². The van der Waals surface area contributed by atoms with Crippen molar-refractivity contribution in [1.82, 2.24) is 0 Å². The molecule has 0 aliphatic heterocycles. The maximum absolute atomic E-state index is 12.1. The highest BCUT2D eigenvalue weighted by Crippen LogP contribution is 2.38. The summed E-state index contributed by atoms with van der Waals surface area (Å²) < 4.78 is 10.7. The molecule has 104 valence electrons. The van der Waals surface area contributed by atoms with Gasteiger partial charge in [0, 0.05) is 23.6 Å². The molecule has 4 aromatic rings. The van der Waals surface area contributed by atoms with Crippen LogP contribution in [0.2, 0.25) is 0 Å². The third-order valence-electron chi connectivity index (χ3n) is 3.37. The molecule has 6 nitrogen and oxygen atoms in total. The van der Waals surface area contributed by atoms with Gasteiger partial charge in [0.05, 0.1) is 0 Å². The van der Waals surface area contributed by atoms with Crippen molar-refractivity contribution < 1.29 is 24.2 Å². The van der Waals surface area contributed by atoms with Gasteiger partial charge < -0.3 is 24.2 Å². The number of phenols is 3. The van der Waals surface area contributed by atoms with Crippen LogP contribution in [-0.4, -0.2) is 15.3 Å². The van der Waals surface area contributed by atoms with Crippen molar-refractivity contribution in [1.29, 1.82) is 0 Å². The maximum atomic E-state index is 12.1. The van der Waals surface area contributed by atoms with Gasteiger partial charge in [-0.1, -0.05) is 0 Å². The van der Waals surface area contributed by atoms with Crippen molar-refractivity contribution in [3.8, 4) is 17.2 Å². The van der Waals surface area contributed by atoms with Crippen molar-refractivity contribution in [3.05, 3.63) is 40.8 Å². The summed E-state index contributed by atoms with van der Waals surface area (Å²) in [6.07, 6.45) is 0. The van der Waals surface area contributed by atoms with E-state index in [1.807, 2.05) is 0 Å². The molecule has 0 saturated carbocycles. The fourth-order valence-electron chi connectivity index (χ4n) is 2.51. The Labute approximate surface area is 116 Å². The van der Waals surface area contributed by atoms with Gasteiger partial charge in [-0.25, -0.2) is 4.79 Å². The van der Waals surface area contributed by atoms with Crippen LogP contribution < -0.4 is 5.63 Å². The Hall–Kier alpha value is -3.15. The fourth-order valence-corrected chi connectivity index (χ4v) is 2.51. The van der Waals surface area contributed by atoms with E-state index in [1.165, 1.54) is 24.3 Å². The van der Waals surface area contributed by atoms with Crippen LogP contribution in [0.5, 0.6) is 17.2 Å². The average Bonchev–Trinajstić information content (AvgIpc) is 2.75. The lowest BCUT2D eigenvalue weighted by molar-refractivity contribution is 0.451. The van der Waals surface area contributed by atoms with Gasteiger partial charge in [0.2, 0.25) is 0 Å². The largest absolute Gasteiger partial charge is 0.508 e. The second kappa shape index (κ2) is 3.69. The van der Waals surface area contributed by atoms with Gasteiger partial charge in [0.1, 0.15) is 39.2 Å². The summed E-state index contributed by atoms with van der Waals surface area (Å²) in [5.41, 5.74) is -0.170. The highest BCUT2D eigenvalue weighted by molar-refractivity contribution is 6.14. The first-order valence-corrected chi connectivity index (χ1v) is 6.08. The van der Waals surface area contributed by atoms with Crippen LogP contribution in [0.15, 0.2) is 44.0 Å². The lowest BCUT2D eigenvalue weighted by Gasteiger charge is -2.01. The summed E-state index contributed by atoms with van der Waals surface area (Å²) in [6, 6.07) is 6.69. The van der Waals surface area contributed by atoms with Crippen LogP contribution in [0.25, 0.3) is 32.9 Å². The Balaban J connectivity index is 2.35. The molecular formula is C15H8O6. The van der Waals surface area contributed by atoms with E-state index in [1.54, 1.807) is 0 Å². The second-order valence-electron chi connectivity index (χ2n) is 4.71. The summed E-state index contributed by atoms with van der Waals surface area (Å²) in [7, 11) is 0. The zero-order valence-electron chi connectivity index (χ0n) is 10.5. The number of furan rings is 1. The van der Waals surface area contributed by atoms with Gasteiger partial charge in [0.25, 0.3) is 0 Å². The summed E-state index contributed by atoms with van der Waals surface area (Å²) >= 11 is 0. The van der Waals surface area contributed by atoms with Crippen LogP contribution in [0, 0.1) is 0 Å². The minimum atomic E-state index is -0.646. The number of hydrogen-bond donors (Lipinski definition) is 3. The Morgan fingerprint density at radius 3 is 2.38 bits per heavy atom. The number of benzene rings is 2. The summed E-state index contributed by atoms with van der Waals surface area (Å²) in [5, 5.41) is 29.8. The number of aromatic hydroxyl groups is 3. The quantitative estimate of drug-likeness (QED) is 0.429. The molecule has 2 heterocycles. The van der Waals surface area contributed by atoms with Gasteiger partial charge in [-0.2, -0.15) is 0 Å². The Kier molecular flexibility index (Phi) is 2.05. The molecule has 6 heteroatoms. The molecule has 0 atom stereocenters. The van der Waals surface area contributed by atoms with Gasteiger partial charge in [-0.3, -0.25) is 0 Å². The molecule has 0 fully saturated rings. The molecule has 0 aliphatic rings. The van der Waals surface area contributed by atoms with Crippen LogP contribution in [0.4, 0.5) is 0 Å². The van der Waals surface area contributed by atoms with Gasteiger partial charge >= 0.3 is 5.63 Å². The zero-order valence-corrected chi connectivity index (χ0v) is 10.5. The Morgan fingerprint density at radius 2 is 1.57 bits per heavy atom. The van der Waals surface area contributed by atoms with Crippen molar-refractivity contribution in [3.63, 3.8) is 0 Å². The minimum absolute atomic E-state index is 0.00267. The van der Waals surface area contributed by atoms with E-state index in [-0.39, 0.29) is 39.2 Å². The molecule has 0 saturated heterocycles. The van der Waals surface area contributed by atoms with Crippen LogP contribution in [-0.2, 0) is 0 Å². The summed E-state index contributed by atoms with van der Waals surface area (Å²) in [5.74, 6) is -0.490. The van der Waals surface area contributed by atoms with Crippen LogP contribution in [0.1, 0.15) is 0 Å². The summed E-state index contributed by atoms with van der Waals surface area (Å²) in [4.78, 5) is 12.1. The van der Waals surface area contributed by atoms with Crippen LogP contribution >= 0.6 is 0 Å². The lowest BCUT2D eigenvalue weighted by Crippen LogP contribution is -1.98. The molecular weight excluding hydrogens is 276 g/mol. The smallest absolute Gasteiger partial charge is 0.348 e. The van der Waals surface area contributed by atoms with Crippen molar-refractivity contribution in [2.24, 2.45) is 0 Å². The molecule has 4 rings (SSSR count). The molecule has 0 amide bonds. The number of hydrogen-bond acceptors (Lipinski definition) is 6. The van der Waals surface area contributed by atoms with Gasteiger partial charge in [0.15, 0.2) is 5.58 Å². The molecule has 0 bridgehead atoms. The van der Waals surface area contributed by atoms with E-state index in [9.17, 15) is 20.1 Å². The first-order chi connectivity index (χ1) is 10.0. The summed E-state index contributed by atoms with van der Waals surface area (Å²) in [6.45, 7) is 0. The number of fused-ring (bicyclic) bond motifs is 5. The molecule has 0 aliphatic carbocycles. The molecule has 2 aromatic heterocycles. The first kappa shape index (κ1) is 11.7. The lowest BCUT2D eigenvalue weighted by atomic mass is 10.1. The SMILES string of the molecule is O=c1oc2cc(O)cc(O)c2c2oc3cc(O)ccc3c12. The molecule has 0 radical (unpaired) electrons. The van der Waals surface area contributed by atoms with Crippen molar-refractivity contribution in [2.75, 3.05) is 0 Å². The van der Waals surface area contributed by atoms with E-state index in [2.05, 4.69) is 0 Å². The van der Waals surface area contributed by atoms with Gasteiger partial charge in [-0.05, 0) is 12.1 Å². The topological polar surface area (TPSA) is 104 Å². The highest BCUT2D eigenvalue weighted by Gasteiger charge is 2.19. The predicted octanol–water partition coefficient (Wildman–Crippen LogP) is 2.81. The number of rotatable bonds is 0. The molecule has 0 unspecified atom stereocenters. The fraction of sp³-hybridized carbons (Fsp3) is 0. The van der Waals surface area contributed by atoms with E-state index in [4.69, 9.17) is 8.83 Å². The minimum Gasteiger partial charge on any atom is -0.508 e. The third kappa shape index (κ3) is 1.50. The second-order valence-corrected chi connectivity index (χ2v) is 4.71. The van der Waals surface area contributed by atoms with Crippen LogP contribution in [0.3, 0.4) is 0 Å². The zero-order chi connectivity index (χ0) is 14.7. The average molecular weight is 284 g/mol. The van der Waals surface area contributed by atoms with Gasteiger partial charge in [-0.15, -0.1) is 0 Å². The van der Waals surface area contributed by atoms with E-state index in [0.717, 1.165) is 6.07 Å². The van der Waals surface area contributed by atoms with Crippen molar-refractivity contribution in [2.45, 2.75) is 0 Å². The van der Waals surface area contributed by atoms with E-state index in [0.29, 0.717) is 11.0 Å². The molecule has 3 N–H and O–H groups in total. The standard InChI is InChI=1S/C15H8O6/c16-6-1-2-8-10(4-6)20-14-12(8)15(19)21-11-5-7(17)3-9(18)13(11)14/h1-5,16-18H. The molecule has 2 aromatic carbocycles. The maximum Gasteiger partial charge on any atom is 0.348 e. The highest BCUT2D eigenvalue weighted by atomic mass is 16.4. The monoisotopic (exact) mass is 284 g/mol. The Morgan fingerprint density at radius 1 is 0.810 bits per heavy atom.